The summed E-state index contributed by atoms with van der Waals surface area (Å²) in [5, 5.41) is 6.44. The van der Waals surface area contributed by atoms with Crippen molar-refractivity contribution in [3.05, 3.63) is 71.0 Å². The SMILES string of the molecule is COc1ccc(-c2cccc3c2C(=Cc2[nH]cc(C(=O)N4C[C@@H](C)N[C@H](C)C4)c2C)C(=O)N3)cc1. The number of nitrogens with one attached hydrogen (secondary N) is 3. The molecule has 0 radical (unpaired) electrons. The van der Waals surface area contributed by atoms with Crippen molar-refractivity contribution in [2.45, 2.75) is 32.9 Å². The number of aromatic nitrogens is 1. The molecule has 2 aliphatic rings. The average Bonchev–Trinajstić information content (AvgIpc) is 3.37. The Labute approximate surface area is 205 Å². The van der Waals surface area contributed by atoms with E-state index in [4.69, 9.17) is 4.74 Å². The van der Waals surface area contributed by atoms with Crippen LogP contribution in [0.5, 0.6) is 5.75 Å². The van der Waals surface area contributed by atoms with Gasteiger partial charge < -0.3 is 25.3 Å². The van der Waals surface area contributed by atoms with Gasteiger partial charge in [-0.25, -0.2) is 0 Å². The summed E-state index contributed by atoms with van der Waals surface area (Å²) in [7, 11) is 1.64. The molecule has 0 unspecified atom stereocenters. The van der Waals surface area contributed by atoms with Crippen molar-refractivity contribution in [3.63, 3.8) is 0 Å². The standard InChI is InChI=1S/C28H30N4O3/c1-16-14-32(15-17(2)30-16)28(34)23-13-29-25(18(23)3)12-22-26-21(6-5-7-24(26)31-27(22)33)19-8-10-20(35-4)11-9-19/h5-13,16-17,29-30H,14-15H2,1-4H3,(H,31,33)/t16-,17-/m1/s1. The minimum Gasteiger partial charge on any atom is -0.497 e. The van der Waals surface area contributed by atoms with Gasteiger partial charge in [0.2, 0.25) is 0 Å². The van der Waals surface area contributed by atoms with Crippen LogP contribution in [-0.2, 0) is 4.79 Å². The molecule has 35 heavy (non-hydrogen) atoms. The van der Waals surface area contributed by atoms with Crippen LogP contribution in [0.4, 0.5) is 5.69 Å². The summed E-state index contributed by atoms with van der Waals surface area (Å²) in [5.74, 6) is 0.630. The number of hydrogen-bond acceptors (Lipinski definition) is 4. The van der Waals surface area contributed by atoms with Gasteiger partial charge in [0.1, 0.15) is 5.75 Å². The molecule has 5 rings (SSSR count). The van der Waals surface area contributed by atoms with E-state index >= 15 is 0 Å². The molecular weight excluding hydrogens is 440 g/mol. The first-order valence-corrected chi connectivity index (χ1v) is 11.9. The van der Waals surface area contributed by atoms with Crippen molar-refractivity contribution < 1.29 is 14.3 Å². The van der Waals surface area contributed by atoms with E-state index < -0.39 is 0 Å². The van der Waals surface area contributed by atoms with E-state index in [1.165, 1.54) is 0 Å². The Balaban J connectivity index is 1.51. The molecule has 0 spiro atoms. The van der Waals surface area contributed by atoms with E-state index in [2.05, 4.69) is 29.5 Å². The van der Waals surface area contributed by atoms with Crippen LogP contribution >= 0.6 is 0 Å². The summed E-state index contributed by atoms with van der Waals surface area (Å²) >= 11 is 0. The molecule has 2 amide bonds. The molecule has 7 heteroatoms. The predicted octanol–water partition coefficient (Wildman–Crippen LogP) is 4.31. The molecule has 2 atom stereocenters. The Morgan fingerprint density at radius 3 is 2.49 bits per heavy atom. The number of piperazine rings is 1. The number of hydrogen-bond donors (Lipinski definition) is 3. The molecule has 2 aliphatic heterocycles. The van der Waals surface area contributed by atoms with Gasteiger partial charge in [0.05, 0.1) is 18.2 Å². The third-order valence-corrected chi connectivity index (χ3v) is 6.77. The molecule has 180 valence electrons. The Morgan fingerprint density at radius 1 is 1.09 bits per heavy atom. The van der Waals surface area contributed by atoms with Crippen LogP contribution in [-0.4, -0.2) is 54.0 Å². The van der Waals surface area contributed by atoms with Gasteiger partial charge in [0, 0.05) is 48.3 Å². The van der Waals surface area contributed by atoms with Crippen LogP contribution in [0, 0.1) is 6.92 Å². The van der Waals surface area contributed by atoms with Crippen LogP contribution in [0.25, 0.3) is 22.8 Å². The number of anilines is 1. The second-order valence-corrected chi connectivity index (χ2v) is 9.39. The number of nitrogens with zero attached hydrogens (tertiary/aromatic N) is 1. The minimum absolute atomic E-state index is 0.0128. The Morgan fingerprint density at radius 2 is 1.80 bits per heavy atom. The monoisotopic (exact) mass is 470 g/mol. The van der Waals surface area contributed by atoms with Crippen LogP contribution in [0.2, 0.25) is 0 Å². The highest BCUT2D eigenvalue weighted by Gasteiger charge is 2.30. The molecule has 7 nitrogen and oxygen atoms in total. The van der Waals surface area contributed by atoms with Gasteiger partial charge in [0.15, 0.2) is 0 Å². The quantitative estimate of drug-likeness (QED) is 0.496. The van der Waals surface area contributed by atoms with Crippen molar-refractivity contribution in [1.29, 1.82) is 0 Å². The van der Waals surface area contributed by atoms with Crippen molar-refractivity contribution in [3.8, 4) is 16.9 Å². The lowest BCUT2D eigenvalue weighted by molar-refractivity contribution is -0.110. The summed E-state index contributed by atoms with van der Waals surface area (Å²) < 4.78 is 5.29. The van der Waals surface area contributed by atoms with Gasteiger partial charge in [-0.1, -0.05) is 24.3 Å². The number of fused-ring (bicyclic) bond motifs is 1. The summed E-state index contributed by atoms with van der Waals surface area (Å²) in [6, 6.07) is 14.1. The van der Waals surface area contributed by atoms with Crippen LogP contribution in [0.3, 0.4) is 0 Å². The number of rotatable bonds is 4. The maximum atomic E-state index is 13.3. The molecular formula is C28H30N4O3. The zero-order valence-corrected chi connectivity index (χ0v) is 20.4. The van der Waals surface area contributed by atoms with E-state index in [1.807, 2.05) is 60.4 Å². The molecule has 0 bridgehead atoms. The number of amides is 2. The van der Waals surface area contributed by atoms with Crippen molar-refractivity contribution in [2.75, 3.05) is 25.5 Å². The minimum atomic E-state index is -0.160. The third kappa shape index (κ3) is 4.23. The first-order valence-electron chi connectivity index (χ1n) is 11.9. The normalized spacial score (nSPS) is 20.6. The first-order chi connectivity index (χ1) is 16.9. The Kier molecular flexibility index (Phi) is 5.94. The second kappa shape index (κ2) is 9.07. The fourth-order valence-corrected chi connectivity index (χ4v) is 5.09. The number of H-pyrrole nitrogens is 1. The van der Waals surface area contributed by atoms with E-state index in [0.717, 1.165) is 39.4 Å². The molecule has 1 saturated heterocycles. The zero-order valence-electron chi connectivity index (χ0n) is 20.4. The number of carbonyl (C=O) groups is 2. The molecule has 3 heterocycles. The Hall–Kier alpha value is -3.84. The molecule has 1 aromatic heterocycles. The molecule has 1 fully saturated rings. The Bertz CT molecular complexity index is 1310. The lowest BCUT2D eigenvalue weighted by Crippen LogP contribution is -2.55. The molecule has 0 saturated carbocycles. The predicted molar refractivity (Wildman–Crippen MR) is 138 cm³/mol. The van der Waals surface area contributed by atoms with Crippen LogP contribution < -0.4 is 15.4 Å². The highest BCUT2D eigenvalue weighted by molar-refractivity contribution is 6.36. The van der Waals surface area contributed by atoms with Gasteiger partial charge in [0.25, 0.3) is 11.8 Å². The third-order valence-electron chi connectivity index (χ3n) is 6.77. The van der Waals surface area contributed by atoms with E-state index in [1.54, 1.807) is 13.3 Å². The lowest BCUT2D eigenvalue weighted by atomic mass is 9.94. The second-order valence-electron chi connectivity index (χ2n) is 9.39. The van der Waals surface area contributed by atoms with Crippen LogP contribution in [0.15, 0.2) is 48.7 Å². The number of ether oxygens (including phenoxy) is 1. The molecule has 3 aromatic rings. The summed E-state index contributed by atoms with van der Waals surface area (Å²) in [4.78, 5) is 31.4. The van der Waals surface area contributed by atoms with E-state index in [9.17, 15) is 9.59 Å². The van der Waals surface area contributed by atoms with Gasteiger partial charge in [-0.05, 0) is 61.7 Å². The summed E-state index contributed by atoms with van der Waals surface area (Å²) in [6.45, 7) is 7.45. The maximum Gasteiger partial charge on any atom is 0.256 e. The van der Waals surface area contributed by atoms with Gasteiger partial charge in [-0.3, -0.25) is 9.59 Å². The smallest absolute Gasteiger partial charge is 0.256 e. The number of methoxy groups -OCH3 is 1. The summed E-state index contributed by atoms with van der Waals surface area (Å²) in [6.07, 6.45) is 3.61. The van der Waals surface area contributed by atoms with Crippen molar-refractivity contribution in [2.24, 2.45) is 0 Å². The fourth-order valence-electron chi connectivity index (χ4n) is 5.09. The van der Waals surface area contributed by atoms with Crippen molar-refractivity contribution in [1.82, 2.24) is 15.2 Å². The van der Waals surface area contributed by atoms with Crippen LogP contribution in [0.1, 0.15) is 41.0 Å². The van der Waals surface area contributed by atoms with Gasteiger partial charge >= 0.3 is 0 Å². The topological polar surface area (TPSA) is 86.5 Å². The molecule has 2 aromatic carbocycles. The van der Waals surface area contributed by atoms with Gasteiger partial charge in [-0.15, -0.1) is 0 Å². The van der Waals surface area contributed by atoms with Gasteiger partial charge in [-0.2, -0.15) is 0 Å². The maximum absolute atomic E-state index is 13.3. The fraction of sp³-hybridized carbons (Fsp3) is 0.286. The molecule has 3 N–H and O–H groups in total. The highest BCUT2D eigenvalue weighted by Crippen LogP contribution is 2.41. The van der Waals surface area contributed by atoms with E-state index in [0.29, 0.717) is 24.2 Å². The number of aromatic amines is 1. The number of benzene rings is 2. The van der Waals surface area contributed by atoms with Crippen molar-refractivity contribution >= 4 is 29.2 Å². The average molecular weight is 471 g/mol. The lowest BCUT2D eigenvalue weighted by Gasteiger charge is -2.36. The molecule has 0 aliphatic carbocycles. The number of carbonyl (C=O) groups excluding carboxylic acids is 2. The highest BCUT2D eigenvalue weighted by atomic mass is 16.5. The largest absolute Gasteiger partial charge is 0.497 e. The van der Waals surface area contributed by atoms with E-state index in [-0.39, 0.29) is 23.9 Å². The summed E-state index contributed by atoms with van der Waals surface area (Å²) in [5.41, 5.74) is 6.38. The first kappa shape index (κ1) is 22.9. The zero-order chi connectivity index (χ0) is 24.7.